The van der Waals surface area contributed by atoms with E-state index in [1.165, 1.54) is 6.92 Å². The van der Waals surface area contributed by atoms with Gasteiger partial charge in [0, 0.05) is 19.9 Å². The van der Waals surface area contributed by atoms with Crippen LogP contribution in [0.2, 0.25) is 0 Å². The van der Waals surface area contributed by atoms with Crippen LogP contribution in [0.15, 0.2) is 16.7 Å². The van der Waals surface area contributed by atoms with Gasteiger partial charge in [0.1, 0.15) is 11.6 Å². The molecule has 8 heteroatoms. The molecule has 0 fully saturated rings. The van der Waals surface area contributed by atoms with Gasteiger partial charge in [0.25, 0.3) is 0 Å². The fraction of sp³-hybridized carbons (Fsp3) is 0.250. The SMILES string of the molecule is CC(=O)Nc1cc2nc(C)nn2c(-c2cnc(C)o2)n1. The molecule has 3 aromatic rings. The van der Waals surface area contributed by atoms with E-state index in [0.717, 1.165) is 0 Å². The minimum Gasteiger partial charge on any atom is -0.438 e. The lowest BCUT2D eigenvalue weighted by Crippen LogP contribution is -2.09. The number of carbonyl (C=O) groups excluding carboxylic acids is 1. The van der Waals surface area contributed by atoms with Crippen molar-refractivity contribution in [3.05, 3.63) is 24.0 Å². The Hall–Kier alpha value is -2.77. The number of amides is 1. The van der Waals surface area contributed by atoms with Crippen molar-refractivity contribution in [2.24, 2.45) is 0 Å². The maximum atomic E-state index is 11.2. The molecule has 0 bridgehead atoms. The molecule has 0 atom stereocenters. The van der Waals surface area contributed by atoms with Crippen molar-refractivity contribution in [2.75, 3.05) is 5.32 Å². The minimum atomic E-state index is -0.210. The smallest absolute Gasteiger partial charge is 0.222 e. The van der Waals surface area contributed by atoms with E-state index in [0.29, 0.717) is 34.8 Å². The first-order valence-electron chi connectivity index (χ1n) is 5.98. The van der Waals surface area contributed by atoms with Gasteiger partial charge < -0.3 is 9.73 Å². The maximum absolute atomic E-state index is 11.2. The number of carbonyl (C=O) groups is 1. The van der Waals surface area contributed by atoms with Crippen LogP contribution in [0.25, 0.3) is 17.2 Å². The lowest BCUT2D eigenvalue weighted by Gasteiger charge is -2.04. The van der Waals surface area contributed by atoms with Gasteiger partial charge in [0.2, 0.25) is 11.7 Å². The van der Waals surface area contributed by atoms with Gasteiger partial charge in [0.05, 0.1) is 6.20 Å². The van der Waals surface area contributed by atoms with Crippen LogP contribution in [0, 0.1) is 13.8 Å². The van der Waals surface area contributed by atoms with Gasteiger partial charge in [-0.25, -0.2) is 15.0 Å². The van der Waals surface area contributed by atoms with Gasteiger partial charge in [-0.15, -0.1) is 5.10 Å². The summed E-state index contributed by atoms with van der Waals surface area (Å²) in [6, 6.07) is 1.65. The number of anilines is 1. The lowest BCUT2D eigenvalue weighted by atomic mass is 10.4. The van der Waals surface area contributed by atoms with Crippen molar-refractivity contribution in [3.8, 4) is 11.6 Å². The van der Waals surface area contributed by atoms with E-state index in [4.69, 9.17) is 4.42 Å². The number of hydrogen-bond acceptors (Lipinski definition) is 6. The summed E-state index contributed by atoms with van der Waals surface area (Å²) < 4.78 is 7.03. The number of nitrogens with one attached hydrogen (secondary N) is 1. The monoisotopic (exact) mass is 272 g/mol. The topological polar surface area (TPSA) is 98.2 Å². The van der Waals surface area contributed by atoms with Crippen molar-refractivity contribution in [3.63, 3.8) is 0 Å². The average Bonchev–Trinajstić information content (AvgIpc) is 2.92. The zero-order chi connectivity index (χ0) is 14.3. The first-order chi connectivity index (χ1) is 9.52. The summed E-state index contributed by atoms with van der Waals surface area (Å²) in [5, 5.41) is 6.89. The Morgan fingerprint density at radius 3 is 2.80 bits per heavy atom. The van der Waals surface area contributed by atoms with Gasteiger partial charge >= 0.3 is 0 Å². The molecular weight excluding hydrogens is 260 g/mol. The van der Waals surface area contributed by atoms with E-state index >= 15 is 0 Å². The second kappa shape index (κ2) is 4.41. The molecule has 0 spiro atoms. The third kappa shape index (κ3) is 2.11. The predicted molar refractivity (Wildman–Crippen MR) is 70.1 cm³/mol. The lowest BCUT2D eigenvalue weighted by molar-refractivity contribution is -0.114. The molecule has 0 radical (unpaired) electrons. The normalized spacial score (nSPS) is 10.9. The van der Waals surface area contributed by atoms with Gasteiger partial charge in [-0.3, -0.25) is 4.79 Å². The molecule has 3 rings (SSSR count). The second-order valence-corrected chi connectivity index (χ2v) is 4.32. The molecule has 0 aromatic carbocycles. The summed E-state index contributed by atoms with van der Waals surface area (Å²) in [6.45, 7) is 4.94. The number of fused-ring (bicyclic) bond motifs is 1. The molecule has 1 N–H and O–H groups in total. The standard InChI is InChI=1S/C12H12N6O2/c1-6-14-11-4-10(15-7(2)19)16-12(18(11)17-6)9-5-13-8(3)20-9/h4-5H,1-3H3,(H,15,19). The van der Waals surface area contributed by atoms with Gasteiger partial charge in [-0.05, 0) is 6.92 Å². The highest BCUT2D eigenvalue weighted by molar-refractivity contribution is 5.88. The maximum Gasteiger partial charge on any atom is 0.222 e. The van der Waals surface area contributed by atoms with Crippen molar-refractivity contribution < 1.29 is 9.21 Å². The molecule has 1 amide bonds. The molecule has 0 aliphatic heterocycles. The van der Waals surface area contributed by atoms with E-state index in [9.17, 15) is 4.79 Å². The van der Waals surface area contributed by atoms with Crippen molar-refractivity contribution in [1.82, 2.24) is 24.6 Å². The summed E-state index contributed by atoms with van der Waals surface area (Å²) in [6.07, 6.45) is 1.56. The highest BCUT2D eigenvalue weighted by Gasteiger charge is 2.15. The highest BCUT2D eigenvalue weighted by Crippen LogP contribution is 2.21. The molecule has 0 unspecified atom stereocenters. The molecule has 0 saturated heterocycles. The van der Waals surface area contributed by atoms with Crippen molar-refractivity contribution >= 4 is 17.4 Å². The molecular formula is C12H12N6O2. The first-order valence-corrected chi connectivity index (χ1v) is 5.98. The number of nitrogens with zero attached hydrogens (tertiary/aromatic N) is 5. The summed E-state index contributed by atoms with van der Waals surface area (Å²) in [5.41, 5.74) is 0.574. The summed E-state index contributed by atoms with van der Waals surface area (Å²) >= 11 is 0. The van der Waals surface area contributed by atoms with E-state index in [1.54, 1.807) is 30.6 Å². The van der Waals surface area contributed by atoms with E-state index in [-0.39, 0.29) is 5.91 Å². The Bertz CT molecular complexity index is 803. The van der Waals surface area contributed by atoms with Crippen LogP contribution in [-0.2, 0) is 4.79 Å². The van der Waals surface area contributed by atoms with Crippen LogP contribution in [0.1, 0.15) is 18.6 Å². The van der Waals surface area contributed by atoms with E-state index in [2.05, 4.69) is 25.4 Å². The largest absolute Gasteiger partial charge is 0.438 e. The highest BCUT2D eigenvalue weighted by atomic mass is 16.4. The van der Waals surface area contributed by atoms with E-state index < -0.39 is 0 Å². The van der Waals surface area contributed by atoms with Crippen molar-refractivity contribution in [2.45, 2.75) is 20.8 Å². The van der Waals surface area contributed by atoms with Crippen molar-refractivity contribution in [1.29, 1.82) is 0 Å². The third-order valence-electron chi connectivity index (χ3n) is 2.58. The minimum absolute atomic E-state index is 0.210. The molecule has 3 aromatic heterocycles. The van der Waals surface area contributed by atoms with Crippen LogP contribution >= 0.6 is 0 Å². The van der Waals surface area contributed by atoms with E-state index in [1.807, 2.05) is 0 Å². The Balaban J connectivity index is 2.24. The predicted octanol–water partition coefficient (Wildman–Crippen LogP) is 1.35. The molecule has 0 aliphatic carbocycles. The molecule has 3 heterocycles. The number of oxazole rings is 1. The quantitative estimate of drug-likeness (QED) is 0.756. The van der Waals surface area contributed by atoms with Crippen LogP contribution in [0.4, 0.5) is 5.82 Å². The molecule has 102 valence electrons. The molecule has 0 aliphatic rings. The van der Waals surface area contributed by atoms with Crippen LogP contribution < -0.4 is 5.32 Å². The van der Waals surface area contributed by atoms with Crippen LogP contribution in [0.5, 0.6) is 0 Å². The summed E-state index contributed by atoms with van der Waals surface area (Å²) in [7, 11) is 0. The zero-order valence-corrected chi connectivity index (χ0v) is 11.2. The Labute approximate surface area is 113 Å². The second-order valence-electron chi connectivity index (χ2n) is 4.32. The molecule has 0 saturated carbocycles. The first kappa shape index (κ1) is 12.3. The number of aryl methyl sites for hydroxylation is 2. The summed E-state index contributed by atoms with van der Waals surface area (Å²) in [5.74, 6) is 2.21. The molecule has 20 heavy (non-hydrogen) atoms. The fourth-order valence-electron chi connectivity index (χ4n) is 1.87. The third-order valence-corrected chi connectivity index (χ3v) is 2.58. The summed E-state index contributed by atoms with van der Waals surface area (Å²) in [4.78, 5) is 23.8. The number of rotatable bonds is 2. The Kier molecular flexibility index (Phi) is 2.70. The molecule has 8 nitrogen and oxygen atoms in total. The fourth-order valence-corrected chi connectivity index (χ4v) is 1.87. The Morgan fingerprint density at radius 1 is 1.35 bits per heavy atom. The Morgan fingerprint density at radius 2 is 2.15 bits per heavy atom. The van der Waals surface area contributed by atoms with Gasteiger partial charge in [0.15, 0.2) is 17.3 Å². The number of aromatic nitrogens is 5. The zero-order valence-electron chi connectivity index (χ0n) is 11.2. The van der Waals surface area contributed by atoms with Gasteiger partial charge in [-0.2, -0.15) is 4.52 Å². The van der Waals surface area contributed by atoms with Gasteiger partial charge in [-0.1, -0.05) is 0 Å². The average molecular weight is 272 g/mol. The number of hydrogen-bond donors (Lipinski definition) is 1. The van der Waals surface area contributed by atoms with Crippen LogP contribution in [-0.4, -0.2) is 30.5 Å². The van der Waals surface area contributed by atoms with Crippen LogP contribution in [0.3, 0.4) is 0 Å².